The lowest BCUT2D eigenvalue weighted by atomic mass is 9.92. The number of ether oxygens (including phenoxy) is 1. The summed E-state index contributed by atoms with van der Waals surface area (Å²) in [5, 5.41) is 0. The highest BCUT2D eigenvalue weighted by atomic mass is 16.5. The van der Waals surface area contributed by atoms with Gasteiger partial charge in [-0.2, -0.15) is 0 Å². The molecule has 0 N–H and O–H groups in total. The van der Waals surface area contributed by atoms with E-state index in [1.807, 2.05) is 19.0 Å². The molecule has 0 amide bonds. The molecular formula is C15H23N3O. The zero-order chi connectivity index (χ0) is 13.2. The molecule has 1 aromatic rings. The third-order valence-electron chi connectivity index (χ3n) is 4.10. The van der Waals surface area contributed by atoms with Gasteiger partial charge in [-0.25, -0.2) is 9.97 Å². The van der Waals surface area contributed by atoms with E-state index in [0.717, 1.165) is 31.8 Å². The molecule has 2 heterocycles. The molecule has 3 rings (SSSR count). The molecule has 104 valence electrons. The van der Waals surface area contributed by atoms with Crippen molar-refractivity contribution in [1.29, 1.82) is 0 Å². The van der Waals surface area contributed by atoms with E-state index in [-0.39, 0.29) is 0 Å². The number of nitrogens with zero attached hydrogens (tertiary/aromatic N) is 3. The van der Waals surface area contributed by atoms with Gasteiger partial charge in [0.2, 0.25) is 5.95 Å². The molecule has 0 aromatic carbocycles. The molecule has 1 fully saturated rings. The quantitative estimate of drug-likeness (QED) is 0.835. The van der Waals surface area contributed by atoms with E-state index >= 15 is 0 Å². The summed E-state index contributed by atoms with van der Waals surface area (Å²) in [4.78, 5) is 11.5. The minimum Gasteiger partial charge on any atom is -0.378 e. The molecule has 19 heavy (non-hydrogen) atoms. The zero-order valence-corrected chi connectivity index (χ0v) is 12.0. The van der Waals surface area contributed by atoms with Crippen molar-refractivity contribution in [3.63, 3.8) is 0 Å². The molecule has 4 nitrogen and oxygen atoms in total. The molecule has 1 unspecified atom stereocenters. The number of aromatic nitrogens is 2. The van der Waals surface area contributed by atoms with Crippen molar-refractivity contribution in [3.8, 4) is 0 Å². The van der Waals surface area contributed by atoms with Gasteiger partial charge in [-0.05, 0) is 44.1 Å². The SMILES string of the molecule is CN(C)c1nc2c(c(CC3CCCO3)n1)CCCC2. The fourth-order valence-electron chi connectivity index (χ4n) is 3.05. The van der Waals surface area contributed by atoms with E-state index in [1.54, 1.807) is 0 Å². The summed E-state index contributed by atoms with van der Waals surface area (Å²) in [6.07, 6.45) is 8.49. The Morgan fingerprint density at radius 2 is 2.00 bits per heavy atom. The maximum Gasteiger partial charge on any atom is 0.225 e. The van der Waals surface area contributed by atoms with E-state index in [0.29, 0.717) is 6.10 Å². The lowest BCUT2D eigenvalue weighted by Crippen LogP contribution is -2.21. The lowest BCUT2D eigenvalue weighted by Gasteiger charge is -2.22. The summed E-state index contributed by atoms with van der Waals surface area (Å²) in [6.45, 7) is 0.915. The first-order valence-electron chi connectivity index (χ1n) is 7.41. The fourth-order valence-corrected chi connectivity index (χ4v) is 3.05. The molecule has 0 radical (unpaired) electrons. The highest BCUT2D eigenvalue weighted by molar-refractivity contribution is 5.37. The average molecular weight is 261 g/mol. The van der Waals surface area contributed by atoms with Crippen LogP contribution in [0.5, 0.6) is 0 Å². The molecule has 2 aliphatic rings. The second-order valence-corrected chi connectivity index (χ2v) is 5.84. The predicted molar refractivity (Wildman–Crippen MR) is 75.7 cm³/mol. The Bertz CT molecular complexity index is 453. The molecule has 0 bridgehead atoms. The van der Waals surface area contributed by atoms with Gasteiger partial charge in [-0.15, -0.1) is 0 Å². The van der Waals surface area contributed by atoms with Gasteiger partial charge in [0.15, 0.2) is 0 Å². The van der Waals surface area contributed by atoms with E-state index < -0.39 is 0 Å². The van der Waals surface area contributed by atoms with Crippen molar-refractivity contribution < 1.29 is 4.74 Å². The van der Waals surface area contributed by atoms with Gasteiger partial charge in [0.05, 0.1) is 11.8 Å². The van der Waals surface area contributed by atoms with Crippen LogP contribution in [0.25, 0.3) is 0 Å². The van der Waals surface area contributed by atoms with Gasteiger partial charge in [-0.1, -0.05) is 0 Å². The average Bonchev–Trinajstić information content (AvgIpc) is 2.91. The Morgan fingerprint density at radius 3 is 2.74 bits per heavy atom. The summed E-state index contributed by atoms with van der Waals surface area (Å²) in [6, 6.07) is 0. The number of anilines is 1. The largest absolute Gasteiger partial charge is 0.378 e. The summed E-state index contributed by atoms with van der Waals surface area (Å²) in [7, 11) is 4.03. The molecule has 0 spiro atoms. The van der Waals surface area contributed by atoms with Crippen LogP contribution in [-0.2, 0) is 24.0 Å². The van der Waals surface area contributed by atoms with Crippen LogP contribution in [0.1, 0.15) is 42.6 Å². The van der Waals surface area contributed by atoms with Crippen LogP contribution in [-0.4, -0.2) is 36.8 Å². The smallest absolute Gasteiger partial charge is 0.225 e. The van der Waals surface area contributed by atoms with Crippen molar-refractivity contribution in [2.24, 2.45) is 0 Å². The Balaban J connectivity index is 1.92. The maximum absolute atomic E-state index is 5.77. The normalized spacial score (nSPS) is 22.3. The van der Waals surface area contributed by atoms with Gasteiger partial charge in [0.25, 0.3) is 0 Å². The Kier molecular flexibility index (Phi) is 3.69. The fraction of sp³-hybridized carbons (Fsp3) is 0.733. The van der Waals surface area contributed by atoms with Gasteiger partial charge >= 0.3 is 0 Å². The maximum atomic E-state index is 5.77. The van der Waals surface area contributed by atoms with Gasteiger partial charge in [0, 0.05) is 32.8 Å². The van der Waals surface area contributed by atoms with Crippen LogP contribution in [0.15, 0.2) is 0 Å². The Morgan fingerprint density at radius 1 is 1.16 bits per heavy atom. The van der Waals surface area contributed by atoms with Gasteiger partial charge < -0.3 is 9.64 Å². The molecular weight excluding hydrogens is 238 g/mol. The zero-order valence-electron chi connectivity index (χ0n) is 12.0. The molecule has 1 aliphatic heterocycles. The molecule has 1 aliphatic carbocycles. The van der Waals surface area contributed by atoms with E-state index in [4.69, 9.17) is 14.7 Å². The van der Waals surface area contributed by atoms with Crippen molar-refractivity contribution in [3.05, 3.63) is 17.0 Å². The first kappa shape index (κ1) is 12.9. The number of aryl methyl sites for hydroxylation is 1. The Labute approximate surface area is 115 Å². The number of hydrogen-bond acceptors (Lipinski definition) is 4. The van der Waals surface area contributed by atoms with Crippen molar-refractivity contribution in [1.82, 2.24) is 9.97 Å². The van der Waals surface area contributed by atoms with Gasteiger partial charge in [0.1, 0.15) is 0 Å². The second kappa shape index (κ2) is 5.45. The molecule has 1 saturated heterocycles. The monoisotopic (exact) mass is 261 g/mol. The number of rotatable bonds is 3. The topological polar surface area (TPSA) is 38.2 Å². The summed E-state index contributed by atoms with van der Waals surface area (Å²) in [5.41, 5.74) is 3.92. The van der Waals surface area contributed by atoms with Crippen LogP contribution in [0.4, 0.5) is 5.95 Å². The lowest BCUT2D eigenvalue weighted by molar-refractivity contribution is 0.110. The first-order valence-corrected chi connectivity index (χ1v) is 7.41. The van der Waals surface area contributed by atoms with E-state index in [2.05, 4.69) is 0 Å². The molecule has 1 aromatic heterocycles. The van der Waals surface area contributed by atoms with Crippen molar-refractivity contribution >= 4 is 5.95 Å². The van der Waals surface area contributed by atoms with Crippen LogP contribution >= 0.6 is 0 Å². The van der Waals surface area contributed by atoms with Crippen LogP contribution in [0.3, 0.4) is 0 Å². The van der Waals surface area contributed by atoms with Crippen LogP contribution < -0.4 is 4.90 Å². The minimum absolute atomic E-state index is 0.371. The van der Waals surface area contributed by atoms with Gasteiger partial charge in [-0.3, -0.25) is 0 Å². The summed E-state index contributed by atoms with van der Waals surface area (Å²) in [5.74, 6) is 0.855. The first-order chi connectivity index (χ1) is 9.24. The Hall–Kier alpha value is -1.16. The molecule has 1 atom stereocenters. The van der Waals surface area contributed by atoms with Crippen LogP contribution in [0.2, 0.25) is 0 Å². The second-order valence-electron chi connectivity index (χ2n) is 5.84. The molecule has 4 heteroatoms. The summed E-state index contributed by atoms with van der Waals surface area (Å²) < 4.78 is 5.77. The number of hydrogen-bond donors (Lipinski definition) is 0. The van der Waals surface area contributed by atoms with Crippen molar-refractivity contribution in [2.75, 3.05) is 25.6 Å². The third kappa shape index (κ3) is 2.73. The number of fused-ring (bicyclic) bond motifs is 1. The standard InChI is InChI=1S/C15H23N3O/c1-18(2)15-16-13-8-4-3-7-12(13)14(17-15)10-11-6-5-9-19-11/h11H,3-10H2,1-2H3. The molecule has 0 saturated carbocycles. The summed E-state index contributed by atoms with van der Waals surface area (Å²) >= 11 is 0. The predicted octanol–water partition coefficient (Wildman–Crippen LogP) is 2.14. The van der Waals surface area contributed by atoms with E-state index in [1.165, 1.54) is 42.6 Å². The van der Waals surface area contributed by atoms with Crippen LogP contribution in [0, 0.1) is 0 Å². The minimum atomic E-state index is 0.371. The van der Waals surface area contributed by atoms with Crippen molar-refractivity contribution in [2.45, 2.75) is 51.0 Å². The highest BCUT2D eigenvalue weighted by Gasteiger charge is 2.23. The highest BCUT2D eigenvalue weighted by Crippen LogP contribution is 2.27. The van der Waals surface area contributed by atoms with E-state index in [9.17, 15) is 0 Å². The third-order valence-corrected chi connectivity index (χ3v) is 4.10.